The molecular formula is C21H15N5O4S. The lowest BCUT2D eigenvalue weighted by Gasteiger charge is -2.12. The molecule has 0 saturated carbocycles. The Morgan fingerprint density at radius 3 is 2.65 bits per heavy atom. The molecule has 0 atom stereocenters. The Kier molecular flexibility index (Phi) is 5.37. The second-order valence-electron chi connectivity index (χ2n) is 6.59. The quantitative estimate of drug-likeness (QED) is 0.278. The highest BCUT2D eigenvalue weighted by Gasteiger charge is 2.13. The first-order valence-electron chi connectivity index (χ1n) is 9.10. The van der Waals surface area contributed by atoms with E-state index in [-0.39, 0.29) is 16.4 Å². The van der Waals surface area contributed by atoms with Gasteiger partial charge in [0.15, 0.2) is 16.3 Å². The van der Waals surface area contributed by atoms with Gasteiger partial charge in [-0.2, -0.15) is 4.98 Å². The Hall–Kier alpha value is -4.18. The van der Waals surface area contributed by atoms with Crippen molar-refractivity contribution in [2.24, 2.45) is 0 Å². The number of rotatable bonds is 4. The van der Waals surface area contributed by atoms with Crippen molar-refractivity contribution in [1.29, 1.82) is 0 Å². The van der Waals surface area contributed by atoms with Crippen LogP contribution in [0.1, 0.15) is 15.9 Å². The maximum absolute atomic E-state index is 12.4. The van der Waals surface area contributed by atoms with Gasteiger partial charge in [-0.05, 0) is 61.1 Å². The number of nitro benzene ring substituents is 1. The maximum Gasteiger partial charge on any atom is 0.269 e. The smallest absolute Gasteiger partial charge is 0.269 e. The first kappa shape index (κ1) is 20.1. The summed E-state index contributed by atoms with van der Waals surface area (Å²) >= 11 is 5.25. The van der Waals surface area contributed by atoms with E-state index in [1.165, 1.54) is 24.3 Å². The van der Waals surface area contributed by atoms with Crippen LogP contribution in [0.25, 0.3) is 22.7 Å². The van der Waals surface area contributed by atoms with Crippen molar-refractivity contribution in [2.75, 3.05) is 5.32 Å². The molecule has 9 nitrogen and oxygen atoms in total. The molecule has 0 saturated heterocycles. The van der Waals surface area contributed by atoms with Gasteiger partial charge in [0.05, 0.1) is 4.92 Å². The predicted octanol–water partition coefficient (Wildman–Crippen LogP) is 4.23. The van der Waals surface area contributed by atoms with Gasteiger partial charge in [-0.25, -0.2) is 4.98 Å². The lowest BCUT2D eigenvalue weighted by atomic mass is 10.1. The molecule has 0 bridgehead atoms. The summed E-state index contributed by atoms with van der Waals surface area (Å²) in [5, 5.41) is 16.4. The number of nitro groups is 1. The molecule has 0 unspecified atom stereocenters. The Balaban J connectivity index is 1.49. The average molecular weight is 433 g/mol. The normalized spacial score (nSPS) is 10.6. The summed E-state index contributed by atoms with van der Waals surface area (Å²) in [6.07, 6.45) is 1.64. The third kappa shape index (κ3) is 4.38. The van der Waals surface area contributed by atoms with Crippen LogP contribution in [-0.2, 0) is 0 Å². The van der Waals surface area contributed by atoms with Gasteiger partial charge in [-0.3, -0.25) is 20.2 Å². The monoisotopic (exact) mass is 433 g/mol. The number of nitrogens with one attached hydrogen (secondary N) is 2. The number of non-ortho nitro benzene ring substituents is 1. The molecule has 154 valence electrons. The minimum Gasteiger partial charge on any atom is -0.434 e. The SMILES string of the molecule is Cc1ccc(-c2nc3ncccc3o2)cc1NC(=S)NC(=O)c1ccc([N+](=O)[O-])cc1. The van der Waals surface area contributed by atoms with Gasteiger partial charge in [0.25, 0.3) is 11.6 Å². The molecule has 0 aliphatic heterocycles. The molecule has 0 spiro atoms. The van der Waals surface area contributed by atoms with Crippen molar-refractivity contribution in [3.05, 3.63) is 82.0 Å². The highest BCUT2D eigenvalue weighted by atomic mass is 32.1. The third-order valence-electron chi connectivity index (χ3n) is 4.47. The Morgan fingerprint density at radius 1 is 1.16 bits per heavy atom. The van der Waals surface area contributed by atoms with Crippen LogP contribution in [0.2, 0.25) is 0 Å². The van der Waals surface area contributed by atoms with Crippen molar-refractivity contribution in [3.63, 3.8) is 0 Å². The second kappa shape index (κ2) is 8.28. The number of pyridine rings is 1. The fraction of sp³-hybridized carbons (Fsp3) is 0.0476. The van der Waals surface area contributed by atoms with Crippen LogP contribution in [0.4, 0.5) is 11.4 Å². The highest BCUT2D eigenvalue weighted by molar-refractivity contribution is 7.80. The summed E-state index contributed by atoms with van der Waals surface area (Å²) in [4.78, 5) is 31.1. The van der Waals surface area contributed by atoms with Crippen LogP contribution < -0.4 is 10.6 Å². The first-order valence-corrected chi connectivity index (χ1v) is 9.51. The molecule has 10 heteroatoms. The fourth-order valence-corrected chi connectivity index (χ4v) is 3.05. The topological polar surface area (TPSA) is 123 Å². The molecule has 1 amide bonds. The number of benzene rings is 2. The van der Waals surface area contributed by atoms with E-state index in [0.717, 1.165) is 11.1 Å². The van der Waals surface area contributed by atoms with Crippen molar-refractivity contribution in [1.82, 2.24) is 15.3 Å². The van der Waals surface area contributed by atoms with Crippen LogP contribution in [0.15, 0.2) is 65.2 Å². The molecule has 2 heterocycles. The number of thiocarbonyl (C=S) groups is 1. The number of carbonyl (C=O) groups is 1. The molecule has 4 aromatic rings. The van der Waals surface area contributed by atoms with Crippen LogP contribution in [0.5, 0.6) is 0 Å². The molecule has 31 heavy (non-hydrogen) atoms. The fourth-order valence-electron chi connectivity index (χ4n) is 2.85. The van der Waals surface area contributed by atoms with Crippen molar-refractivity contribution in [3.8, 4) is 11.5 Å². The largest absolute Gasteiger partial charge is 0.434 e. The number of oxazole rings is 1. The highest BCUT2D eigenvalue weighted by Crippen LogP contribution is 2.27. The first-order chi connectivity index (χ1) is 14.9. The molecule has 2 aromatic carbocycles. The number of anilines is 1. The molecule has 0 fully saturated rings. The van der Waals surface area contributed by atoms with E-state index in [9.17, 15) is 14.9 Å². The lowest BCUT2D eigenvalue weighted by molar-refractivity contribution is -0.384. The van der Waals surface area contributed by atoms with E-state index in [1.54, 1.807) is 18.3 Å². The van der Waals surface area contributed by atoms with E-state index in [4.69, 9.17) is 16.6 Å². The van der Waals surface area contributed by atoms with Crippen LogP contribution in [0, 0.1) is 17.0 Å². The number of aryl methyl sites for hydroxylation is 1. The third-order valence-corrected chi connectivity index (χ3v) is 4.67. The van der Waals surface area contributed by atoms with Gasteiger partial charge in [0.1, 0.15) is 0 Å². The predicted molar refractivity (Wildman–Crippen MR) is 119 cm³/mol. The Labute approximate surface area is 181 Å². The molecule has 0 aliphatic rings. The van der Waals surface area contributed by atoms with Crippen LogP contribution >= 0.6 is 12.2 Å². The number of hydrogen-bond acceptors (Lipinski definition) is 7. The van der Waals surface area contributed by atoms with Crippen LogP contribution in [0.3, 0.4) is 0 Å². The number of aromatic nitrogens is 2. The standard InChI is InChI=1S/C21H15N5O4S/c1-12-4-5-14(20-24-18-17(30-20)3-2-10-22-18)11-16(12)23-21(31)25-19(27)13-6-8-15(9-7-13)26(28)29/h2-11H,1H3,(H2,23,25,27,31). The van der Waals surface area contributed by atoms with Crippen molar-refractivity contribution >= 4 is 45.8 Å². The molecule has 0 radical (unpaired) electrons. The minimum absolute atomic E-state index is 0.0860. The summed E-state index contributed by atoms with van der Waals surface area (Å²) in [5.74, 6) is -0.0659. The van der Waals surface area contributed by atoms with Gasteiger partial charge >= 0.3 is 0 Å². The summed E-state index contributed by atoms with van der Waals surface area (Å²) in [5.41, 5.74) is 3.53. The number of fused-ring (bicyclic) bond motifs is 1. The Bertz CT molecular complexity index is 1280. The molecular weight excluding hydrogens is 418 g/mol. The summed E-state index contributed by atoms with van der Waals surface area (Å²) in [6.45, 7) is 1.89. The Morgan fingerprint density at radius 2 is 1.94 bits per heavy atom. The summed E-state index contributed by atoms with van der Waals surface area (Å²) in [7, 11) is 0. The number of amides is 1. The minimum atomic E-state index is -0.531. The van der Waals surface area contributed by atoms with Crippen molar-refractivity contribution in [2.45, 2.75) is 6.92 Å². The van der Waals surface area contributed by atoms with Gasteiger partial charge in [-0.15, -0.1) is 0 Å². The van der Waals surface area contributed by atoms with Gasteiger partial charge in [0, 0.05) is 35.1 Å². The zero-order valence-corrected chi connectivity index (χ0v) is 17.0. The van der Waals surface area contributed by atoms with Crippen molar-refractivity contribution < 1.29 is 14.1 Å². The molecule has 2 N–H and O–H groups in total. The summed E-state index contributed by atoms with van der Waals surface area (Å²) in [6, 6.07) is 14.4. The molecule has 2 aromatic heterocycles. The number of carbonyl (C=O) groups excluding carboxylic acids is 1. The number of nitrogens with zero attached hydrogens (tertiary/aromatic N) is 3. The molecule has 0 aliphatic carbocycles. The zero-order chi connectivity index (χ0) is 22.0. The van der Waals surface area contributed by atoms with Gasteiger partial charge in [-0.1, -0.05) is 6.07 Å². The van der Waals surface area contributed by atoms with Gasteiger partial charge in [0.2, 0.25) is 5.89 Å². The van der Waals surface area contributed by atoms with E-state index in [0.29, 0.717) is 22.8 Å². The maximum atomic E-state index is 12.4. The lowest BCUT2D eigenvalue weighted by Crippen LogP contribution is -2.34. The molecule has 4 rings (SSSR count). The van der Waals surface area contributed by atoms with Crippen LogP contribution in [-0.4, -0.2) is 25.9 Å². The van der Waals surface area contributed by atoms with E-state index >= 15 is 0 Å². The van der Waals surface area contributed by atoms with E-state index in [1.807, 2.05) is 25.1 Å². The van der Waals surface area contributed by atoms with E-state index < -0.39 is 10.8 Å². The average Bonchev–Trinajstić information content (AvgIpc) is 3.19. The van der Waals surface area contributed by atoms with E-state index in [2.05, 4.69) is 20.6 Å². The second-order valence-corrected chi connectivity index (χ2v) is 6.99. The summed E-state index contributed by atoms with van der Waals surface area (Å²) < 4.78 is 5.75. The van der Waals surface area contributed by atoms with Gasteiger partial charge < -0.3 is 9.73 Å². The number of hydrogen-bond donors (Lipinski definition) is 2. The zero-order valence-electron chi connectivity index (χ0n) is 16.2.